The van der Waals surface area contributed by atoms with Crippen LogP contribution < -0.4 is 10.9 Å². The molecule has 4 aromatic rings. The summed E-state index contributed by atoms with van der Waals surface area (Å²) in [7, 11) is 0. The first-order valence-corrected chi connectivity index (χ1v) is 11.1. The Morgan fingerprint density at radius 2 is 1.87 bits per heavy atom. The van der Waals surface area contributed by atoms with Crippen LogP contribution in [0.25, 0.3) is 16.7 Å². The van der Waals surface area contributed by atoms with Gasteiger partial charge in [0.15, 0.2) is 10.8 Å². The molecular formula is C23H21N5O2S. The largest absolute Gasteiger partial charge is 0.326 e. The molecular weight excluding hydrogens is 410 g/mol. The zero-order valence-corrected chi connectivity index (χ0v) is 18.0. The summed E-state index contributed by atoms with van der Waals surface area (Å²) in [5.74, 6) is 0.524. The molecule has 2 aromatic heterocycles. The molecule has 0 spiro atoms. The monoisotopic (exact) mass is 431 g/mol. The summed E-state index contributed by atoms with van der Waals surface area (Å²) in [4.78, 5) is 30.7. The fourth-order valence-corrected chi connectivity index (χ4v) is 5.09. The number of hydrogen-bond donors (Lipinski definition) is 1. The fourth-order valence-electron chi connectivity index (χ4n) is 3.96. The lowest BCUT2D eigenvalue weighted by Gasteiger charge is -2.15. The summed E-state index contributed by atoms with van der Waals surface area (Å²) in [6.45, 7) is 3.94. The van der Waals surface area contributed by atoms with Crippen LogP contribution in [0.1, 0.15) is 23.6 Å². The van der Waals surface area contributed by atoms with Gasteiger partial charge in [0.25, 0.3) is 5.56 Å². The molecule has 1 aliphatic rings. The molecule has 0 fully saturated rings. The van der Waals surface area contributed by atoms with E-state index in [0.717, 1.165) is 22.5 Å². The summed E-state index contributed by atoms with van der Waals surface area (Å²) in [5.41, 5.74) is 4.10. The molecule has 2 aromatic carbocycles. The Morgan fingerprint density at radius 1 is 1.13 bits per heavy atom. The van der Waals surface area contributed by atoms with E-state index in [2.05, 4.69) is 10.4 Å². The molecule has 1 atom stereocenters. The Kier molecular flexibility index (Phi) is 4.86. The van der Waals surface area contributed by atoms with Crippen LogP contribution in [-0.2, 0) is 4.79 Å². The van der Waals surface area contributed by atoms with Gasteiger partial charge in [-0.2, -0.15) is 5.10 Å². The van der Waals surface area contributed by atoms with Crippen molar-refractivity contribution >= 4 is 34.4 Å². The highest BCUT2D eigenvalue weighted by Crippen LogP contribution is 2.34. The van der Waals surface area contributed by atoms with Crippen LogP contribution >= 0.6 is 11.8 Å². The van der Waals surface area contributed by atoms with Crippen molar-refractivity contribution in [3.05, 3.63) is 76.2 Å². The van der Waals surface area contributed by atoms with Gasteiger partial charge in [-0.25, -0.2) is 9.67 Å². The average molecular weight is 432 g/mol. The number of aromatic nitrogens is 4. The minimum Gasteiger partial charge on any atom is -0.326 e. The first kappa shape index (κ1) is 19.6. The second-order valence-corrected chi connectivity index (χ2v) is 8.67. The van der Waals surface area contributed by atoms with Gasteiger partial charge in [0, 0.05) is 17.9 Å². The Bertz CT molecular complexity index is 1340. The van der Waals surface area contributed by atoms with Gasteiger partial charge >= 0.3 is 0 Å². The number of carbonyl (C=O) groups is 1. The molecule has 1 aliphatic heterocycles. The average Bonchev–Trinajstić information content (AvgIpc) is 3.36. The van der Waals surface area contributed by atoms with E-state index >= 15 is 0 Å². The van der Waals surface area contributed by atoms with Crippen molar-refractivity contribution in [2.45, 2.75) is 31.5 Å². The Hall–Kier alpha value is -3.39. The van der Waals surface area contributed by atoms with Gasteiger partial charge in [0.1, 0.15) is 5.39 Å². The molecule has 0 saturated heterocycles. The summed E-state index contributed by atoms with van der Waals surface area (Å²) < 4.78 is 3.33. The van der Waals surface area contributed by atoms with Gasteiger partial charge in [-0.05, 0) is 37.1 Å². The van der Waals surface area contributed by atoms with Crippen molar-refractivity contribution in [3.63, 3.8) is 0 Å². The number of para-hydroxylation sites is 2. The predicted octanol–water partition coefficient (Wildman–Crippen LogP) is 3.87. The molecule has 0 aliphatic carbocycles. The van der Waals surface area contributed by atoms with E-state index in [0.29, 0.717) is 21.9 Å². The van der Waals surface area contributed by atoms with Crippen LogP contribution in [0.15, 0.2) is 64.7 Å². The number of hydrogen-bond acceptors (Lipinski definition) is 5. The SMILES string of the molecule is Cc1cccc(C)c1NC(=O)CC1CSc2nc3c(cnn3-c3ccccc3)c(=O)n21. The number of fused-ring (bicyclic) bond motifs is 2. The summed E-state index contributed by atoms with van der Waals surface area (Å²) in [6, 6.07) is 15.3. The predicted molar refractivity (Wildman–Crippen MR) is 122 cm³/mol. The summed E-state index contributed by atoms with van der Waals surface area (Å²) in [6.07, 6.45) is 1.77. The Balaban J connectivity index is 1.45. The first-order valence-electron chi connectivity index (χ1n) is 10.1. The van der Waals surface area contributed by atoms with Crippen LogP contribution in [0.2, 0.25) is 0 Å². The second-order valence-electron chi connectivity index (χ2n) is 7.68. The van der Waals surface area contributed by atoms with Gasteiger partial charge in [0.2, 0.25) is 5.91 Å². The maximum atomic E-state index is 13.2. The van der Waals surface area contributed by atoms with E-state index in [1.54, 1.807) is 15.4 Å². The quantitative estimate of drug-likeness (QED) is 0.496. The standard InChI is InChI=1S/C23H21N5O2S/c1-14-7-6-8-15(2)20(14)25-19(29)11-17-13-31-23-26-21-18(22(30)27(17)23)12-24-28(21)16-9-4-3-5-10-16/h3-10,12,17H,11,13H2,1-2H3,(H,25,29). The van der Waals surface area contributed by atoms with Gasteiger partial charge in [-0.15, -0.1) is 0 Å². The number of amides is 1. The smallest absolute Gasteiger partial charge is 0.265 e. The van der Waals surface area contributed by atoms with E-state index in [1.807, 2.05) is 62.4 Å². The number of carbonyl (C=O) groups excluding carboxylic acids is 1. The number of rotatable bonds is 4. The highest BCUT2D eigenvalue weighted by molar-refractivity contribution is 7.99. The van der Waals surface area contributed by atoms with Crippen LogP contribution in [0.5, 0.6) is 0 Å². The molecule has 8 heteroatoms. The van der Waals surface area contributed by atoms with E-state index in [9.17, 15) is 9.59 Å². The summed E-state index contributed by atoms with van der Waals surface area (Å²) >= 11 is 1.50. The Labute approximate surface area is 183 Å². The number of aryl methyl sites for hydroxylation is 2. The minimum atomic E-state index is -0.242. The highest BCUT2D eigenvalue weighted by atomic mass is 32.2. The third-order valence-electron chi connectivity index (χ3n) is 5.54. The van der Waals surface area contributed by atoms with Crippen LogP contribution in [-0.4, -0.2) is 31.0 Å². The van der Waals surface area contributed by atoms with E-state index < -0.39 is 0 Å². The molecule has 0 saturated carbocycles. The van der Waals surface area contributed by atoms with Gasteiger partial charge < -0.3 is 5.32 Å². The van der Waals surface area contributed by atoms with Gasteiger partial charge in [-0.1, -0.05) is 48.2 Å². The lowest BCUT2D eigenvalue weighted by Crippen LogP contribution is -2.28. The number of benzene rings is 2. The van der Waals surface area contributed by atoms with Crippen molar-refractivity contribution in [2.24, 2.45) is 0 Å². The van der Waals surface area contributed by atoms with Crippen molar-refractivity contribution in [1.29, 1.82) is 0 Å². The highest BCUT2D eigenvalue weighted by Gasteiger charge is 2.29. The van der Waals surface area contributed by atoms with Crippen LogP contribution in [0.3, 0.4) is 0 Å². The molecule has 0 radical (unpaired) electrons. The van der Waals surface area contributed by atoms with Crippen molar-refractivity contribution in [3.8, 4) is 5.69 Å². The molecule has 0 bridgehead atoms. The minimum absolute atomic E-state index is 0.108. The third kappa shape index (κ3) is 3.42. The lowest BCUT2D eigenvalue weighted by molar-refractivity contribution is -0.116. The first-order chi connectivity index (χ1) is 15.0. The number of nitrogens with one attached hydrogen (secondary N) is 1. The molecule has 5 rings (SSSR count). The van der Waals surface area contributed by atoms with E-state index in [-0.39, 0.29) is 23.9 Å². The third-order valence-corrected chi connectivity index (χ3v) is 6.64. The number of anilines is 1. The molecule has 156 valence electrons. The van der Waals surface area contributed by atoms with E-state index in [4.69, 9.17) is 4.98 Å². The zero-order chi connectivity index (χ0) is 21.5. The number of nitrogens with zero attached hydrogens (tertiary/aromatic N) is 4. The van der Waals surface area contributed by atoms with Gasteiger partial charge in [-0.3, -0.25) is 14.2 Å². The molecule has 1 amide bonds. The Morgan fingerprint density at radius 3 is 2.61 bits per heavy atom. The van der Waals surface area contributed by atoms with Crippen molar-refractivity contribution in [2.75, 3.05) is 11.1 Å². The molecule has 1 N–H and O–H groups in total. The van der Waals surface area contributed by atoms with Gasteiger partial charge in [0.05, 0.1) is 17.9 Å². The molecule has 1 unspecified atom stereocenters. The van der Waals surface area contributed by atoms with Crippen molar-refractivity contribution < 1.29 is 4.79 Å². The topological polar surface area (TPSA) is 81.8 Å². The number of thioether (sulfide) groups is 1. The second kappa shape index (κ2) is 7.70. The maximum absolute atomic E-state index is 13.2. The molecule has 7 nitrogen and oxygen atoms in total. The lowest BCUT2D eigenvalue weighted by atomic mass is 10.1. The van der Waals surface area contributed by atoms with Crippen molar-refractivity contribution in [1.82, 2.24) is 19.3 Å². The zero-order valence-electron chi connectivity index (χ0n) is 17.2. The maximum Gasteiger partial charge on any atom is 0.265 e. The fraction of sp³-hybridized carbons (Fsp3) is 0.217. The summed E-state index contributed by atoms with van der Waals surface area (Å²) in [5, 5.41) is 8.48. The molecule has 3 heterocycles. The van der Waals surface area contributed by atoms with Crippen LogP contribution in [0, 0.1) is 13.8 Å². The van der Waals surface area contributed by atoms with E-state index in [1.165, 1.54) is 11.8 Å². The van der Waals surface area contributed by atoms with Crippen LogP contribution in [0.4, 0.5) is 5.69 Å². The molecule has 31 heavy (non-hydrogen) atoms. The normalized spacial score (nSPS) is 15.2.